The summed E-state index contributed by atoms with van der Waals surface area (Å²) < 4.78 is 1.89. The molecule has 2 rings (SSSR count). The molecule has 1 saturated heterocycles. The first-order valence-electron chi connectivity index (χ1n) is 4.60. The molecule has 13 heavy (non-hydrogen) atoms. The minimum Gasteiger partial charge on any atom is -0.354 e. The quantitative estimate of drug-likeness (QED) is 0.511. The van der Waals surface area contributed by atoms with Gasteiger partial charge in [-0.05, 0) is 12.8 Å². The first-order chi connectivity index (χ1) is 6.29. The van der Waals surface area contributed by atoms with E-state index >= 15 is 0 Å². The van der Waals surface area contributed by atoms with Crippen LogP contribution < -0.4 is 0 Å². The standard InChI is InChI=1S/C9H14N4/c1-12-7-4-11-9(12)8(10)13-5-2-3-6-13/h4,7,10H,2-3,5-6H2,1H3. The maximum atomic E-state index is 7.93. The van der Waals surface area contributed by atoms with E-state index in [-0.39, 0.29) is 0 Å². The van der Waals surface area contributed by atoms with Gasteiger partial charge in [-0.2, -0.15) is 0 Å². The third-order valence-corrected chi connectivity index (χ3v) is 2.46. The van der Waals surface area contributed by atoms with Crippen molar-refractivity contribution in [2.45, 2.75) is 12.8 Å². The highest BCUT2D eigenvalue weighted by atomic mass is 15.2. The second kappa shape index (κ2) is 3.20. The van der Waals surface area contributed by atoms with Gasteiger partial charge >= 0.3 is 0 Å². The number of nitrogens with zero attached hydrogens (tertiary/aromatic N) is 3. The Balaban J connectivity index is 2.17. The molecule has 0 amide bonds. The number of nitrogens with one attached hydrogen (secondary N) is 1. The smallest absolute Gasteiger partial charge is 0.175 e. The molecule has 1 aromatic heterocycles. The number of hydrogen-bond acceptors (Lipinski definition) is 2. The lowest BCUT2D eigenvalue weighted by Crippen LogP contribution is -2.29. The summed E-state index contributed by atoms with van der Waals surface area (Å²) in [5.41, 5.74) is 0. The van der Waals surface area contributed by atoms with Gasteiger partial charge < -0.3 is 9.47 Å². The van der Waals surface area contributed by atoms with Gasteiger partial charge in [0.25, 0.3) is 0 Å². The van der Waals surface area contributed by atoms with Crippen LogP contribution in [0.25, 0.3) is 0 Å². The van der Waals surface area contributed by atoms with Gasteiger partial charge in [0.05, 0.1) is 0 Å². The Morgan fingerprint density at radius 2 is 2.15 bits per heavy atom. The van der Waals surface area contributed by atoms with Crippen molar-refractivity contribution >= 4 is 5.84 Å². The van der Waals surface area contributed by atoms with Crippen LogP contribution in [0.5, 0.6) is 0 Å². The first kappa shape index (κ1) is 8.29. The zero-order valence-electron chi connectivity index (χ0n) is 7.82. The largest absolute Gasteiger partial charge is 0.354 e. The molecule has 0 bridgehead atoms. The minimum atomic E-state index is 0.560. The topological polar surface area (TPSA) is 44.9 Å². The lowest BCUT2D eigenvalue weighted by molar-refractivity contribution is 0.511. The SMILES string of the molecule is Cn1ccnc1C(=N)N1CCCC1. The third-order valence-electron chi connectivity index (χ3n) is 2.46. The molecule has 70 valence electrons. The highest BCUT2D eigenvalue weighted by Crippen LogP contribution is 2.10. The lowest BCUT2D eigenvalue weighted by atomic mass is 10.4. The summed E-state index contributed by atoms with van der Waals surface area (Å²) in [7, 11) is 1.92. The highest BCUT2D eigenvalue weighted by molar-refractivity contribution is 5.93. The van der Waals surface area contributed by atoms with E-state index in [2.05, 4.69) is 9.88 Å². The van der Waals surface area contributed by atoms with Gasteiger partial charge in [-0.3, -0.25) is 5.41 Å². The van der Waals surface area contributed by atoms with Crippen LogP contribution in [0, 0.1) is 5.41 Å². The fraction of sp³-hybridized carbons (Fsp3) is 0.556. The molecule has 2 heterocycles. The maximum Gasteiger partial charge on any atom is 0.175 e. The first-order valence-corrected chi connectivity index (χ1v) is 4.60. The number of hydrogen-bond donors (Lipinski definition) is 1. The molecule has 1 aliphatic heterocycles. The molecule has 0 aromatic carbocycles. The Morgan fingerprint density at radius 1 is 1.46 bits per heavy atom. The van der Waals surface area contributed by atoms with E-state index in [9.17, 15) is 0 Å². The number of rotatable bonds is 1. The van der Waals surface area contributed by atoms with Crippen LogP contribution in [0.4, 0.5) is 0 Å². The fourth-order valence-corrected chi connectivity index (χ4v) is 1.68. The number of likely N-dealkylation sites (tertiary alicyclic amines) is 1. The fourth-order valence-electron chi connectivity index (χ4n) is 1.68. The molecule has 1 aromatic rings. The van der Waals surface area contributed by atoms with Gasteiger partial charge in [0.2, 0.25) is 0 Å². The normalized spacial score (nSPS) is 16.5. The van der Waals surface area contributed by atoms with E-state index in [4.69, 9.17) is 5.41 Å². The van der Waals surface area contributed by atoms with Crippen LogP contribution in [0.2, 0.25) is 0 Å². The van der Waals surface area contributed by atoms with Crippen molar-refractivity contribution in [1.29, 1.82) is 5.41 Å². The van der Waals surface area contributed by atoms with Crippen LogP contribution in [-0.2, 0) is 7.05 Å². The number of amidine groups is 1. The van der Waals surface area contributed by atoms with E-state index in [1.807, 2.05) is 17.8 Å². The summed E-state index contributed by atoms with van der Waals surface area (Å²) in [6, 6.07) is 0. The van der Waals surface area contributed by atoms with E-state index in [1.165, 1.54) is 12.8 Å². The molecule has 0 spiro atoms. The molecule has 4 heteroatoms. The molecule has 0 aliphatic carbocycles. The zero-order chi connectivity index (χ0) is 9.26. The van der Waals surface area contributed by atoms with Crippen molar-refractivity contribution in [3.05, 3.63) is 18.2 Å². The molecule has 1 N–H and O–H groups in total. The van der Waals surface area contributed by atoms with Gasteiger partial charge in [0.1, 0.15) is 0 Å². The van der Waals surface area contributed by atoms with Crippen molar-refractivity contribution in [2.75, 3.05) is 13.1 Å². The summed E-state index contributed by atoms with van der Waals surface area (Å²) in [5.74, 6) is 1.33. The monoisotopic (exact) mass is 178 g/mol. The predicted molar refractivity (Wildman–Crippen MR) is 50.8 cm³/mol. The van der Waals surface area contributed by atoms with E-state index < -0.39 is 0 Å². The Labute approximate surface area is 77.7 Å². The number of aromatic nitrogens is 2. The highest BCUT2D eigenvalue weighted by Gasteiger charge is 2.18. The van der Waals surface area contributed by atoms with Gasteiger partial charge in [0.15, 0.2) is 11.7 Å². The maximum absolute atomic E-state index is 7.93. The van der Waals surface area contributed by atoms with Crippen LogP contribution in [-0.4, -0.2) is 33.4 Å². The van der Waals surface area contributed by atoms with Gasteiger partial charge in [0, 0.05) is 32.5 Å². The van der Waals surface area contributed by atoms with Crippen molar-refractivity contribution in [2.24, 2.45) is 7.05 Å². The molecule has 0 radical (unpaired) electrons. The van der Waals surface area contributed by atoms with Crippen molar-refractivity contribution in [3.8, 4) is 0 Å². The summed E-state index contributed by atoms with van der Waals surface area (Å²) in [6.07, 6.45) is 6.01. The third kappa shape index (κ3) is 1.43. The van der Waals surface area contributed by atoms with Crippen molar-refractivity contribution in [1.82, 2.24) is 14.5 Å². The molecule has 0 unspecified atom stereocenters. The molecule has 1 fully saturated rings. The number of imidazole rings is 1. The second-order valence-electron chi connectivity index (χ2n) is 3.40. The van der Waals surface area contributed by atoms with E-state index in [0.717, 1.165) is 18.9 Å². The molecular formula is C9H14N4. The lowest BCUT2D eigenvalue weighted by Gasteiger charge is -2.17. The summed E-state index contributed by atoms with van der Waals surface area (Å²) in [4.78, 5) is 6.24. The van der Waals surface area contributed by atoms with Crippen LogP contribution >= 0.6 is 0 Å². The second-order valence-corrected chi connectivity index (χ2v) is 3.40. The Hall–Kier alpha value is -1.32. The summed E-state index contributed by atoms with van der Waals surface area (Å²) >= 11 is 0. The zero-order valence-corrected chi connectivity index (χ0v) is 7.82. The summed E-state index contributed by atoms with van der Waals surface area (Å²) in [5, 5.41) is 7.93. The van der Waals surface area contributed by atoms with Crippen LogP contribution in [0.3, 0.4) is 0 Å². The van der Waals surface area contributed by atoms with Crippen molar-refractivity contribution in [3.63, 3.8) is 0 Å². The molecule has 4 nitrogen and oxygen atoms in total. The van der Waals surface area contributed by atoms with E-state index in [1.54, 1.807) is 6.20 Å². The molecule has 1 aliphatic rings. The molecule has 0 saturated carbocycles. The molecular weight excluding hydrogens is 164 g/mol. The average Bonchev–Trinajstić information content (AvgIpc) is 2.72. The predicted octanol–water partition coefficient (Wildman–Crippen LogP) is 0.841. The van der Waals surface area contributed by atoms with Gasteiger partial charge in [-0.25, -0.2) is 4.98 Å². The number of aryl methyl sites for hydroxylation is 1. The minimum absolute atomic E-state index is 0.560. The molecule has 0 atom stereocenters. The van der Waals surface area contributed by atoms with Crippen LogP contribution in [0.15, 0.2) is 12.4 Å². The average molecular weight is 178 g/mol. The summed E-state index contributed by atoms with van der Waals surface area (Å²) in [6.45, 7) is 2.01. The van der Waals surface area contributed by atoms with Gasteiger partial charge in [-0.15, -0.1) is 0 Å². The van der Waals surface area contributed by atoms with Crippen molar-refractivity contribution < 1.29 is 0 Å². The van der Waals surface area contributed by atoms with E-state index in [0.29, 0.717) is 5.84 Å². The Bertz CT molecular complexity index is 309. The van der Waals surface area contributed by atoms with Gasteiger partial charge in [-0.1, -0.05) is 0 Å². The Kier molecular flexibility index (Phi) is 2.04. The Morgan fingerprint density at radius 3 is 2.69 bits per heavy atom. The van der Waals surface area contributed by atoms with Crippen LogP contribution in [0.1, 0.15) is 18.7 Å².